The molecular weight excluding hydrogens is 1630 g/mol. The lowest BCUT2D eigenvalue weighted by Crippen LogP contribution is -2.04. The van der Waals surface area contributed by atoms with Gasteiger partial charge in [-0.25, -0.2) is 59.3 Å². The SMILES string of the molecule is CC(=O)c1cc(N=c2ccc3nc4ccccc4sc-3c2)cs1.CC(=O)c1ccc(N=c2ccc3nc4ccccc4sc-3c2)o1.O=C(O)c1cc(N=c2ccc3nccsc-3c2)cc(C(=O)O)c1.O=C(O)c1cccc(N=c2ccc3nc4ccccc4sc-3c2)c1.O=S(=O)(O)c1cccc(N=c2ccc3nc4ccccc4sc-3c2)c1. The van der Waals surface area contributed by atoms with Crippen molar-refractivity contribution in [2.75, 3.05) is 0 Å². The van der Waals surface area contributed by atoms with Crippen molar-refractivity contribution in [2.24, 2.45) is 25.0 Å². The summed E-state index contributed by atoms with van der Waals surface area (Å²) in [6.07, 6.45) is 1.71. The van der Waals surface area contributed by atoms with Crippen LogP contribution in [0.5, 0.6) is 0 Å². The average Bonchev–Trinajstić information content (AvgIpc) is 0.936. The molecule has 0 fully saturated rings. The zero-order valence-corrected chi connectivity index (χ0v) is 67.3. The number of hydrogen-bond acceptors (Lipinski definition) is 24. The van der Waals surface area contributed by atoms with Crippen molar-refractivity contribution >= 4 is 177 Å². The molecule has 5 aliphatic heterocycles. The van der Waals surface area contributed by atoms with E-state index >= 15 is 0 Å². The molecule has 0 amide bonds. The molecule has 0 unspecified atom stereocenters. The number of thiophene rings is 1. The lowest BCUT2D eigenvalue weighted by atomic mass is 10.1. The summed E-state index contributed by atoms with van der Waals surface area (Å²) >= 11 is 9.62. The van der Waals surface area contributed by atoms with Crippen molar-refractivity contribution in [3.63, 3.8) is 0 Å². The van der Waals surface area contributed by atoms with Crippen LogP contribution in [0, 0.1) is 0 Å². The minimum atomic E-state index is -4.24. The Morgan fingerprint density at radius 1 is 0.356 bits per heavy atom. The van der Waals surface area contributed by atoms with E-state index < -0.39 is 28.0 Å². The number of carbonyl (C=O) groups is 5. The van der Waals surface area contributed by atoms with E-state index in [2.05, 4.69) is 62.0 Å². The van der Waals surface area contributed by atoms with Crippen LogP contribution in [0.2, 0.25) is 0 Å². The molecule has 7 heterocycles. The molecule has 0 atom stereocenters. The van der Waals surface area contributed by atoms with Crippen molar-refractivity contribution in [3.05, 3.63) is 344 Å². The van der Waals surface area contributed by atoms with E-state index in [-0.39, 0.29) is 38.8 Å². The van der Waals surface area contributed by atoms with Crippen LogP contribution in [0.15, 0.2) is 324 Å². The molecule has 10 aliphatic rings. The number of carboxylic acid groups (broad SMARTS) is 3. The van der Waals surface area contributed by atoms with E-state index in [4.69, 9.17) is 24.3 Å². The number of fused-ring (bicyclic) bond motifs is 9. The number of hydrogen-bond donors (Lipinski definition) is 4. The van der Waals surface area contributed by atoms with E-state index in [0.29, 0.717) is 33.7 Å². The first-order chi connectivity index (χ1) is 57.1. The highest BCUT2D eigenvalue weighted by Crippen LogP contribution is 2.35. The predicted molar refractivity (Wildman–Crippen MR) is 463 cm³/mol. The minimum Gasteiger partial charge on any atom is -0.478 e. The van der Waals surface area contributed by atoms with Gasteiger partial charge in [-0.15, -0.1) is 68.0 Å². The molecule has 0 bridgehead atoms. The highest BCUT2D eigenvalue weighted by Gasteiger charge is 2.16. The van der Waals surface area contributed by atoms with E-state index in [9.17, 15) is 32.4 Å². The molecule has 9 aromatic rings. The molecule has 19 rings (SSSR count). The van der Waals surface area contributed by atoms with Gasteiger partial charge in [0.15, 0.2) is 17.3 Å². The second kappa shape index (κ2) is 35.5. The monoisotopic (exact) mass is 1680 g/mol. The molecule has 5 aliphatic carbocycles. The maximum Gasteiger partial charge on any atom is 0.335 e. The van der Waals surface area contributed by atoms with E-state index in [1.54, 1.807) is 113 Å². The van der Waals surface area contributed by atoms with Gasteiger partial charge in [-0.3, -0.25) is 19.1 Å². The van der Waals surface area contributed by atoms with Crippen molar-refractivity contribution in [1.82, 2.24) is 24.9 Å². The third-order valence-electron chi connectivity index (χ3n) is 17.3. The van der Waals surface area contributed by atoms with Gasteiger partial charge in [-0.05, 0) is 213 Å². The van der Waals surface area contributed by atoms with Gasteiger partial charge in [-0.2, -0.15) is 8.42 Å². The van der Waals surface area contributed by atoms with Gasteiger partial charge in [0, 0.05) is 29.9 Å². The number of carbonyl (C=O) groups excluding carboxylic acids is 2. The molecule has 578 valence electrons. The molecule has 22 nitrogen and oxygen atoms in total. The molecule has 118 heavy (non-hydrogen) atoms. The number of aromatic carboxylic acids is 3. The number of benzene rings is 12. The predicted octanol–water partition coefficient (Wildman–Crippen LogP) is 20.4. The fourth-order valence-electron chi connectivity index (χ4n) is 11.7. The molecule has 29 heteroatoms. The van der Waals surface area contributed by atoms with Gasteiger partial charge in [0.25, 0.3) is 10.1 Å². The first-order valence-electron chi connectivity index (χ1n) is 35.6. The van der Waals surface area contributed by atoms with Crippen molar-refractivity contribution in [1.29, 1.82) is 0 Å². The van der Waals surface area contributed by atoms with Gasteiger partial charge in [-0.1, -0.05) is 60.7 Å². The summed E-state index contributed by atoms with van der Waals surface area (Å²) in [5.74, 6) is -2.64. The van der Waals surface area contributed by atoms with Crippen molar-refractivity contribution in [2.45, 2.75) is 18.7 Å². The van der Waals surface area contributed by atoms with E-state index in [1.807, 2.05) is 187 Å². The molecule has 4 N–H and O–H groups in total. The Balaban J connectivity index is 0.000000115. The molecule has 0 spiro atoms. The normalized spacial score (nSPS) is 12.1. The van der Waals surface area contributed by atoms with Gasteiger partial charge in [0.1, 0.15) is 0 Å². The number of ketones is 2. The Labute approximate surface area is 694 Å². The molecule has 0 radical (unpaired) electrons. The lowest BCUT2D eigenvalue weighted by Gasteiger charge is -2.05. The number of para-hydroxylation sites is 4. The quantitative estimate of drug-likeness (QED) is 0.0531. The molecule has 7 aromatic carbocycles. The Bertz CT molecular complexity index is 7230. The number of furan rings is 1. The van der Waals surface area contributed by atoms with Crippen LogP contribution in [0.3, 0.4) is 0 Å². The fraction of sp³-hybridized carbons (Fsp3) is 0.0225. The summed E-state index contributed by atoms with van der Waals surface area (Å²) in [5.41, 5.74) is 10.7. The van der Waals surface area contributed by atoms with Crippen molar-refractivity contribution in [3.8, 4) is 52.9 Å². The fourth-order valence-corrected chi connectivity index (χ4v) is 17.7. The summed E-state index contributed by atoms with van der Waals surface area (Å²) in [6, 6.07) is 82.2. The van der Waals surface area contributed by atoms with Gasteiger partial charge < -0.3 is 19.7 Å². The smallest absolute Gasteiger partial charge is 0.335 e. The summed E-state index contributed by atoms with van der Waals surface area (Å²) < 4.78 is 41.5. The van der Waals surface area contributed by atoms with Gasteiger partial charge in [0.05, 0.1) is 170 Å². The lowest BCUT2D eigenvalue weighted by molar-refractivity contribution is 0.0682. The Kier molecular flexibility index (Phi) is 23.9. The second-order valence-corrected chi connectivity index (χ2v) is 33.3. The number of Topliss-reactive ketones (excluding diaryl/α,β-unsaturated/α-hetero) is 2. The molecule has 0 saturated carbocycles. The second-order valence-electron chi connectivity index (χ2n) is 25.7. The summed E-state index contributed by atoms with van der Waals surface area (Å²) in [7, 11) is -4.24. The molecule has 2 aromatic heterocycles. The Morgan fingerprint density at radius 3 is 1.18 bits per heavy atom. The number of aromatic nitrogens is 5. The minimum absolute atomic E-state index is 0.0767. The zero-order valence-electron chi connectivity index (χ0n) is 61.6. The summed E-state index contributed by atoms with van der Waals surface area (Å²) in [5, 5.41) is 34.7. The first kappa shape index (κ1) is 79.4. The maximum atomic E-state index is 11.4. The van der Waals surface area contributed by atoms with Crippen LogP contribution >= 0.6 is 68.0 Å². The van der Waals surface area contributed by atoms with Crippen LogP contribution in [-0.2, 0) is 10.1 Å². The number of carboxylic acids is 3. The highest BCUT2D eigenvalue weighted by molar-refractivity contribution is 7.85. The number of rotatable bonds is 11. The van der Waals surface area contributed by atoms with Crippen LogP contribution in [0.1, 0.15) is 65.1 Å². The third-order valence-corrected chi connectivity index (χ3v) is 24.4. The van der Waals surface area contributed by atoms with E-state index in [0.717, 1.165) is 126 Å². The van der Waals surface area contributed by atoms with Gasteiger partial charge in [0.2, 0.25) is 5.88 Å². The Morgan fingerprint density at radius 2 is 0.754 bits per heavy atom. The van der Waals surface area contributed by atoms with E-state index in [1.165, 1.54) is 53.9 Å². The summed E-state index contributed by atoms with van der Waals surface area (Å²) in [6.45, 7) is 3.04. The van der Waals surface area contributed by atoms with Crippen LogP contribution in [0.4, 0.5) is 28.6 Å². The topological polar surface area (TPSA) is 340 Å². The highest BCUT2D eigenvalue weighted by atomic mass is 32.2. The largest absolute Gasteiger partial charge is 0.478 e. The maximum absolute atomic E-state index is 11.4. The van der Waals surface area contributed by atoms with Crippen molar-refractivity contribution < 1.29 is 56.7 Å². The molecule has 0 saturated heterocycles. The average molecular weight is 1680 g/mol. The van der Waals surface area contributed by atoms with Crippen LogP contribution < -0.4 is 26.8 Å². The van der Waals surface area contributed by atoms with Crippen LogP contribution in [-0.4, -0.2) is 82.7 Å². The zero-order chi connectivity index (χ0) is 82.0. The standard InChI is InChI=1S/C19H12N2O2S.C18H12N2O3S2.C18H12N2O2S.C18H12N2OS2.C16H10N2O4S/c22-19(23)12-4-3-5-13(10-12)20-14-8-9-16-18(11-14)24-17-7-2-1-6-15(17)21-16;21-25(22,23)14-5-3-4-12(10-14)19-13-8-9-16-18(11-13)24-17-7-2-1-6-15(17)20-16;1-11(21)15-8-9-18(22-15)19-12-6-7-14-17(10-12)23-16-5-3-2-4-13(16)20-14;1-11(21)17-9-13(10-22-17)19-12-6-7-15-18(8-12)23-16-5-3-2-4-14(16)20-15;19-15(20)9-5-10(16(21)22)7-12(6-9)18-11-1-2-13-14(8-11)23-4-3-17-13/h1-11H,(H,22,23);1-11H,(H,21,22,23);2*2-10H,1H3;1-8H,(H,19,20)(H,21,22). The summed E-state index contributed by atoms with van der Waals surface area (Å²) in [4.78, 5) is 107. The van der Waals surface area contributed by atoms with Gasteiger partial charge >= 0.3 is 17.9 Å². The third kappa shape index (κ3) is 19.7. The Hall–Kier alpha value is -13.9. The molecular formula is C89H58N10O12S7. The van der Waals surface area contributed by atoms with Crippen LogP contribution in [0.25, 0.3) is 93.7 Å². The first-order valence-corrected chi connectivity index (χ1v) is 42.0. The number of nitrogens with zero attached hydrogens (tertiary/aromatic N) is 10.